The fourth-order valence-electron chi connectivity index (χ4n) is 3.39. The predicted molar refractivity (Wildman–Crippen MR) is 104 cm³/mol. The van der Waals surface area contributed by atoms with Gasteiger partial charge >= 0.3 is 0 Å². The molecule has 2 aromatic carbocycles. The molecule has 0 heterocycles. The van der Waals surface area contributed by atoms with Crippen molar-refractivity contribution in [3.05, 3.63) is 76.9 Å². The molecular formula is C24H26. The van der Waals surface area contributed by atoms with Crippen LogP contribution in [0.2, 0.25) is 0 Å². The van der Waals surface area contributed by atoms with Crippen molar-refractivity contribution in [3.8, 4) is 11.8 Å². The van der Waals surface area contributed by atoms with Gasteiger partial charge in [-0.2, -0.15) is 0 Å². The Labute approximate surface area is 146 Å². The molecular weight excluding hydrogens is 288 g/mol. The molecule has 0 aliphatic heterocycles. The second kappa shape index (κ2) is 5.99. The van der Waals surface area contributed by atoms with Crippen LogP contribution in [0.25, 0.3) is 5.57 Å². The second-order valence-corrected chi connectivity index (χ2v) is 8.33. The zero-order chi connectivity index (χ0) is 17.4. The molecule has 0 N–H and O–H groups in total. The molecule has 0 saturated carbocycles. The lowest BCUT2D eigenvalue weighted by Crippen LogP contribution is -2.25. The molecule has 0 spiro atoms. The molecule has 1 aliphatic carbocycles. The van der Waals surface area contributed by atoms with E-state index in [1.165, 1.54) is 16.7 Å². The van der Waals surface area contributed by atoms with E-state index in [1.807, 2.05) is 18.2 Å². The highest BCUT2D eigenvalue weighted by atomic mass is 14.4. The van der Waals surface area contributed by atoms with E-state index < -0.39 is 0 Å². The highest BCUT2D eigenvalue weighted by Gasteiger charge is 2.32. The molecule has 0 heteroatoms. The van der Waals surface area contributed by atoms with E-state index in [2.05, 4.69) is 82.9 Å². The van der Waals surface area contributed by atoms with Gasteiger partial charge in [0.25, 0.3) is 0 Å². The lowest BCUT2D eigenvalue weighted by atomic mass is 9.68. The summed E-state index contributed by atoms with van der Waals surface area (Å²) in [4.78, 5) is 0. The van der Waals surface area contributed by atoms with E-state index in [9.17, 15) is 0 Å². The van der Waals surface area contributed by atoms with Gasteiger partial charge in [-0.25, -0.2) is 0 Å². The summed E-state index contributed by atoms with van der Waals surface area (Å²) in [5.74, 6) is 6.61. The summed E-state index contributed by atoms with van der Waals surface area (Å²) in [7, 11) is 0. The average molecular weight is 314 g/mol. The first-order valence-corrected chi connectivity index (χ1v) is 8.70. The zero-order valence-corrected chi connectivity index (χ0v) is 15.4. The summed E-state index contributed by atoms with van der Waals surface area (Å²) < 4.78 is 0. The SMILES string of the molecule is CC(C)(C)C1=CCC(C)(C)c2ccc(C#Cc3ccccc3)cc21. The van der Waals surface area contributed by atoms with Crippen LogP contribution in [-0.2, 0) is 5.41 Å². The van der Waals surface area contributed by atoms with E-state index in [0.717, 1.165) is 17.5 Å². The monoisotopic (exact) mass is 314 g/mol. The number of allylic oxidation sites excluding steroid dienone is 2. The molecule has 0 bridgehead atoms. The molecule has 0 saturated heterocycles. The van der Waals surface area contributed by atoms with Crippen molar-refractivity contribution in [3.63, 3.8) is 0 Å². The Hall–Kier alpha value is -2.26. The maximum atomic E-state index is 3.33. The van der Waals surface area contributed by atoms with Gasteiger partial charge in [-0.05, 0) is 58.2 Å². The van der Waals surface area contributed by atoms with Gasteiger partial charge in [0.05, 0.1) is 0 Å². The Morgan fingerprint density at radius 3 is 2.21 bits per heavy atom. The van der Waals surface area contributed by atoms with E-state index >= 15 is 0 Å². The lowest BCUT2D eigenvalue weighted by molar-refractivity contribution is 0.503. The van der Waals surface area contributed by atoms with Gasteiger partial charge in [0.1, 0.15) is 0 Å². The van der Waals surface area contributed by atoms with Crippen LogP contribution in [0.4, 0.5) is 0 Å². The number of benzene rings is 2. The summed E-state index contributed by atoms with van der Waals surface area (Å²) in [6.45, 7) is 11.5. The molecule has 24 heavy (non-hydrogen) atoms. The highest BCUT2D eigenvalue weighted by Crippen LogP contribution is 2.45. The number of fused-ring (bicyclic) bond motifs is 1. The Morgan fingerprint density at radius 2 is 1.54 bits per heavy atom. The predicted octanol–water partition coefficient (Wildman–Crippen LogP) is 6.20. The van der Waals surface area contributed by atoms with Crippen LogP contribution in [0.1, 0.15) is 63.3 Å². The van der Waals surface area contributed by atoms with Gasteiger partial charge in [0.15, 0.2) is 0 Å². The third-order valence-corrected chi connectivity index (χ3v) is 4.79. The summed E-state index contributed by atoms with van der Waals surface area (Å²) in [6.07, 6.45) is 3.53. The van der Waals surface area contributed by atoms with Crippen molar-refractivity contribution < 1.29 is 0 Å². The van der Waals surface area contributed by atoms with Crippen LogP contribution in [0.3, 0.4) is 0 Å². The molecule has 122 valence electrons. The Morgan fingerprint density at radius 1 is 0.875 bits per heavy atom. The van der Waals surface area contributed by atoms with E-state index in [1.54, 1.807) is 0 Å². The maximum absolute atomic E-state index is 3.33. The minimum atomic E-state index is 0.150. The van der Waals surface area contributed by atoms with Crippen molar-refractivity contribution in [2.45, 2.75) is 46.5 Å². The minimum absolute atomic E-state index is 0.150. The van der Waals surface area contributed by atoms with E-state index in [4.69, 9.17) is 0 Å². The van der Waals surface area contributed by atoms with Crippen molar-refractivity contribution in [2.75, 3.05) is 0 Å². The lowest BCUT2D eigenvalue weighted by Gasteiger charge is -2.36. The fraction of sp³-hybridized carbons (Fsp3) is 0.333. The summed E-state index contributed by atoms with van der Waals surface area (Å²) in [5, 5.41) is 0. The molecule has 0 nitrogen and oxygen atoms in total. The third kappa shape index (κ3) is 3.31. The molecule has 3 rings (SSSR count). The Kier molecular flexibility index (Phi) is 4.14. The number of hydrogen-bond acceptors (Lipinski definition) is 0. The normalized spacial score (nSPS) is 15.8. The fourth-order valence-corrected chi connectivity index (χ4v) is 3.39. The van der Waals surface area contributed by atoms with Crippen LogP contribution >= 0.6 is 0 Å². The molecule has 0 atom stereocenters. The van der Waals surface area contributed by atoms with Gasteiger partial charge in [-0.15, -0.1) is 0 Å². The summed E-state index contributed by atoms with van der Waals surface area (Å²) in [6, 6.07) is 16.9. The summed E-state index contributed by atoms with van der Waals surface area (Å²) >= 11 is 0. The third-order valence-electron chi connectivity index (χ3n) is 4.79. The largest absolute Gasteiger partial charge is 0.0793 e. The number of hydrogen-bond donors (Lipinski definition) is 0. The second-order valence-electron chi connectivity index (χ2n) is 8.33. The Balaban J connectivity index is 2.06. The first-order chi connectivity index (χ1) is 11.3. The molecule has 1 aliphatic rings. The standard InChI is InChI=1S/C24H26/c1-23(2,3)21-15-16-24(4,5)22-14-13-19(17-20(21)22)12-11-18-9-7-6-8-10-18/h6-10,13-15,17H,16H2,1-5H3. The quantitative estimate of drug-likeness (QED) is 0.508. The minimum Gasteiger partial charge on any atom is -0.0793 e. The van der Waals surface area contributed by atoms with E-state index in [0.29, 0.717) is 0 Å². The van der Waals surface area contributed by atoms with Gasteiger partial charge in [-0.3, -0.25) is 0 Å². The van der Waals surface area contributed by atoms with Crippen molar-refractivity contribution in [1.82, 2.24) is 0 Å². The molecule has 0 aromatic heterocycles. The topological polar surface area (TPSA) is 0 Å². The van der Waals surface area contributed by atoms with Crippen molar-refractivity contribution in [2.24, 2.45) is 5.41 Å². The number of rotatable bonds is 0. The first-order valence-electron chi connectivity index (χ1n) is 8.70. The van der Waals surface area contributed by atoms with Gasteiger partial charge in [-0.1, -0.05) is 76.8 Å². The molecule has 0 amide bonds. The average Bonchev–Trinajstić information content (AvgIpc) is 2.52. The highest BCUT2D eigenvalue weighted by molar-refractivity contribution is 5.76. The van der Waals surface area contributed by atoms with Crippen LogP contribution < -0.4 is 0 Å². The molecule has 0 fully saturated rings. The Bertz CT molecular complexity index is 831. The van der Waals surface area contributed by atoms with Crippen molar-refractivity contribution in [1.29, 1.82) is 0 Å². The summed E-state index contributed by atoms with van der Waals surface area (Å²) in [5.41, 5.74) is 6.75. The molecule has 0 unspecified atom stereocenters. The molecule has 0 radical (unpaired) electrons. The smallest absolute Gasteiger partial charge is 0.0255 e. The zero-order valence-electron chi connectivity index (χ0n) is 15.4. The van der Waals surface area contributed by atoms with Crippen LogP contribution in [0.5, 0.6) is 0 Å². The first kappa shape index (κ1) is 16.6. The van der Waals surface area contributed by atoms with Crippen LogP contribution in [0.15, 0.2) is 54.6 Å². The van der Waals surface area contributed by atoms with Crippen LogP contribution in [0, 0.1) is 17.3 Å². The molecule has 2 aromatic rings. The van der Waals surface area contributed by atoms with E-state index in [-0.39, 0.29) is 10.8 Å². The van der Waals surface area contributed by atoms with Crippen LogP contribution in [-0.4, -0.2) is 0 Å². The van der Waals surface area contributed by atoms with Gasteiger partial charge in [0.2, 0.25) is 0 Å². The maximum Gasteiger partial charge on any atom is 0.0255 e. The van der Waals surface area contributed by atoms with Crippen molar-refractivity contribution >= 4 is 5.57 Å². The van der Waals surface area contributed by atoms with Gasteiger partial charge < -0.3 is 0 Å². The van der Waals surface area contributed by atoms with Gasteiger partial charge in [0, 0.05) is 11.1 Å².